The number of rotatable bonds is 7. The number of H-pyrrole nitrogens is 1. The molecule has 0 radical (unpaired) electrons. The molecule has 1 aromatic heterocycles. The molecule has 1 unspecified atom stereocenters. The number of ether oxygens (including phenoxy) is 1. The Balaban J connectivity index is 1.95. The number of hydrogen-bond acceptors (Lipinski definition) is 3. The van der Waals surface area contributed by atoms with Crippen LogP contribution >= 0.6 is 11.8 Å². The van der Waals surface area contributed by atoms with Crippen molar-refractivity contribution in [2.45, 2.75) is 18.0 Å². The molecule has 2 rings (SSSR count). The molecule has 0 saturated heterocycles. The Bertz CT molecular complexity index is 444. The third kappa shape index (κ3) is 3.51. The maximum Gasteiger partial charge on any atom is 0.0733 e. The summed E-state index contributed by atoms with van der Waals surface area (Å²) in [6.07, 6.45) is 0. The zero-order chi connectivity index (χ0) is 12.8. The number of aromatic nitrogens is 1. The van der Waals surface area contributed by atoms with Crippen LogP contribution in [0, 0.1) is 0 Å². The van der Waals surface area contributed by atoms with Gasteiger partial charge in [0.15, 0.2) is 0 Å². The molecule has 4 heteroatoms. The normalized spacial score (nSPS) is 13.0. The van der Waals surface area contributed by atoms with Crippen molar-refractivity contribution in [1.29, 1.82) is 0 Å². The Morgan fingerprint density at radius 3 is 2.94 bits per heavy atom. The average molecular weight is 264 g/mol. The van der Waals surface area contributed by atoms with Gasteiger partial charge in [-0.15, -0.1) is 11.8 Å². The van der Waals surface area contributed by atoms with Gasteiger partial charge in [0.25, 0.3) is 0 Å². The lowest BCUT2D eigenvalue weighted by Crippen LogP contribution is -2.35. The summed E-state index contributed by atoms with van der Waals surface area (Å²) >= 11 is 1.84. The van der Waals surface area contributed by atoms with Crippen LogP contribution in [0.4, 0.5) is 0 Å². The van der Waals surface area contributed by atoms with Crippen molar-refractivity contribution in [3.05, 3.63) is 30.3 Å². The topological polar surface area (TPSA) is 37.0 Å². The van der Waals surface area contributed by atoms with Gasteiger partial charge in [-0.3, -0.25) is 0 Å². The molecule has 0 fully saturated rings. The molecule has 0 aliphatic carbocycles. The molecule has 1 heterocycles. The van der Waals surface area contributed by atoms with Crippen molar-refractivity contribution in [3.8, 4) is 0 Å². The van der Waals surface area contributed by atoms with Gasteiger partial charge in [-0.05, 0) is 18.7 Å². The molecule has 18 heavy (non-hydrogen) atoms. The number of fused-ring (bicyclic) bond motifs is 1. The third-order valence-electron chi connectivity index (χ3n) is 2.81. The highest BCUT2D eigenvalue weighted by Gasteiger charge is 2.08. The van der Waals surface area contributed by atoms with E-state index < -0.39 is 0 Å². The molecule has 0 spiro atoms. The number of benzene rings is 1. The van der Waals surface area contributed by atoms with E-state index in [4.69, 9.17) is 4.74 Å². The van der Waals surface area contributed by atoms with Crippen molar-refractivity contribution in [3.63, 3.8) is 0 Å². The first-order valence-corrected chi connectivity index (χ1v) is 7.25. The molecule has 98 valence electrons. The molecule has 1 aromatic carbocycles. The van der Waals surface area contributed by atoms with Crippen LogP contribution < -0.4 is 5.32 Å². The fourth-order valence-electron chi connectivity index (χ4n) is 1.97. The largest absolute Gasteiger partial charge is 0.383 e. The lowest BCUT2D eigenvalue weighted by molar-refractivity contribution is 0.174. The van der Waals surface area contributed by atoms with Crippen LogP contribution in [-0.4, -0.2) is 37.0 Å². The number of nitrogens with one attached hydrogen (secondary N) is 2. The van der Waals surface area contributed by atoms with E-state index in [1.165, 1.54) is 15.9 Å². The average Bonchev–Trinajstić information content (AvgIpc) is 2.79. The number of para-hydroxylation sites is 1. The molecule has 2 aromatic rings. The SMILES string of the molecule is CCNC(COC)CSc1cc2ccccc2[nH]1. The minimum atomic E-state index is 0.399. The van der Waals surface area contributed by atoms with Gasteiger partial charge < -0.3 is 15.0 Å². The molecule has 1 atom stereocenters. The molecular formula is C14H20N2OS. The lowest BCUT2D eigenvalue weighted by atomic mass is 10.3. The minimum absolute atomic E-state index is 0.399. The quantitative estimate of drug-likeness (QED) is 0.755. The minimum Gasteiger partial charge on any atom is -0.383 e. The molecule has 0 aliphatic rings. The molecule has 0 aliphatic heterocycles. The second-order valence-corrected chi connectivity index (χ2v) is 5.30. The van der Waals surface area contributed by atoms with Crippen LogP contribution in [0.5, 0.6) is 0 Å². The predicted molar refractivity (Wildman–Crippen MR) is 78.4 cm³/mol. The van der Waals surface area contributed by atoms with E-state index in [2.05, 4.69) is 47.6 Å². The summed E-state index contributed by atoms with van der Waals surface area (Å²) in [7, 11) is 1.75. The molecule has 3 nitrogen and oxygen atoms in total. The van der Waals surface area contributed by atoms with Crippen molar-refractivity contribution in [1.82, 2.24) is 10.3 Å². The van der Waals surface area contributed by atoms with Crippen molar-refractivity contribution in [2.75, 3.05) is 26.0 Å². The predicted octanol–water partition coefficient (Wildman–Crippen LogP) is 2.88. The van der Waals surface area contributed by atoms with E-state index in [0.29, 0.717) is 6.04 Å². The fourth-order valence-corrected chi connectivity index (χ4v) is 2.96. The van der Waals surface area contributed by atoms with Crippen molar-refractivity contribution < 1.29 is 4.74 Å². The number of thioether (sulfide) groups is 1. The van der Waals surface area contributed by atoms with E-state index in [-0.39, 0.29) is 0 Å². The van der Waals surface area contributed by atoms with E-state index in [1.807, 2.05) is 11.8 Å². The van der Waals surface area contributed by atoms with Gasteiger partial charge in [0.2, 0.25) is 0 Å². The van der Waals surface area contributed by atoms with Gasteiger partial charge in [0.05, 0.1) is 11.6 Å². The Hall–Kier alpha value is -0.970. The highest BCUT2D eigenvalue weighted by atomic mass is 32.2. The summed E-state index contributed by atoms with van der Waals surface area (Å²) in [6, 6.07) is 11.0. The van der Waals surface area contributed by atoms with Gasteiger partial charge in [0.1, 0.15) is 0 Å². The second kappa shape index (κ2) is 6.83. The number of likely N-dealkylation sites (N-methyl/N-ethyl adjacent to an activating group) is 1. The molecular weight excluding hydrogens is 244 g/mol. The number of hydrogen-bond donors (Lipinski definition) is 2. The maximum atomic E-state index is 5.22. The van der Waals surface area contributed by atoms with Gasteiger partial charge in [-0.1, -0.05) is 25.1 Å². The van der Waals surface area contributed by atoms with Gasteiger partial charge >= 0.3 is 0 Å². The smallest absolute Gasteiger partial charge is 0.0733 e. The third-order valence-corrected chi connectivity index (χ3v) is 3.91. The zero-order valence-electron chi connectivity index (χ0n) is 10.9. The molecule has 0 amide bonds. The zero-order valence-corrected chi connectivity index (χ0v) is 11.7. The first-order chi connectivity index (χ1) is 8.83. The van der Waals surface area contributed by atoms with Crippen LogP contribution in [0.2, 0.25) is 0 Å². The van der Waals surface area contributed by atoms with Crippen LogP contribution in [0.3, 0.4) is 0 Å². The van der Waals surface area contributed by atoms with E-state index in [0.717, 1.165) is 18.9 Å². The second-order valence-electron chi connectivity index (χ2n) is 4.24. The molecule has 0 saturated carbocycles. The Kier molecular flexibility index (Phi) is 5.11. The fraction of sp³-hybridized carbons (Fsp3) is 0.429. The van der Waals surface area contributed by atoms with E-state index >= 15 is 0 Å². The Morgan fingerprint density at radius 2 is 2.22 bits per heavy atom. The summed E-state index contributed by atoms with van der Waals surface area (Å²) in [6.45, 7) is 3.85. The van der Waals surface area contributed by atoms with Crippen molar-refractivity contribution >= 4 is 22.7 Å². The molecule has 0 bridgehead atoms. The number of aromatic amines is 1. The lowest BCUT2D eigenvalue weighted by Gasteiger charge is -2.15. The van der Waals surface area contributed by atoms with Crippen LogP contribution in [0.1, 0.15) is 6.92 Å². The van der Waals surface area contributed by atoms with Crippen LogP contribution in [0.15, 0.2) is 35.4 Å². The van der Waals surface area contributed by atoms with E-state index in [1.54, 1.807) is 7.11 Å². The highest BCUT2D eigenvalue weighted by molar-refractivity contribution is 7.99. The summed E-state index contributed by atoms with van der Waals surface area (Å²) < 4.78 is 5.22. The van der Waals surface area contributed by atoms with Crippen LogP contribution in [0.25, 0.3) is 10.9 Å². The van der Waals surface area contributed by atoms with E-state index in [9.17, 15) is 0 Å². The molecule has 2 N–H and O–H groups in total. The summed E-state index contributed by atoms with van der Waals surface area (Å²) in [5.41, 5.74) is 1.20. The van der Waals surface area contributed by atoms with Gasteiger partial charge in [-0.25, -0.2) is 0 Å². The Morgan fingerprint density at radius 1 is 1.39 bits per heavy atom. The number of methoxy groups -OCH3 is 1. The summed E-state index contributed by atoms with van der Waals surface area (Å²) in [5, 5.41) is 5.92. The Labute approximate surface area is 112 Å². The summed E-state index contributed by atoms with van der Waals surface area (Å²) in [5.74, 6) is 1.01. The first-order valence-electron chi connectivity index (χ1n) is 6.26. The van der Waals surface area contributed by atoms with Gasteiger partial charge in [0, 0.05) is 29.8 Å². The first kappa shape index (κ1) is 13.5. The van der Waals surface area contributed by atoms with Crippen LogP contribution in [-0.2, 0) is 4.74 Å². The summed E-state index contributed by atoms with van der Waals surface area (Å²) in [4.78, 5) is 3.43. The highest BCUT2D eigenvalue weighted by Crippen LogP contribution is 2.23. The standard InChI is InChI=1S/C14H20N2OS/c1-3-15-12(9-17-2)10-18-14-8-11-6-4-5-7-13(11)16-14/h4-8,12,15-16H,3,9-10H2,1-2H3. The maximum absolute atomic E-state index is 5.22. The monoisotopic (exact) mass is 264 g/mol. The van der Waals surface area contributed by atoms with Crippen molar-refractivity contribution in [2.24, 2.45) is 0 Å². The van der Waals surface area contributed by atoms with Gasteiger partial charge in [-0.2, -0.15) is 0 Å².